The highest BCUT2D eigenvalue weighted by molar-refractivity contribution is 14.1. The minimum Gasteiger partial charge on any atom is -0.103 e. The zero-order valence-electron chi connectivity index (χ0n) is 9.75. The normalized spacial score (nSPS) is 12.1. The molecule has 0 aliphatic carbocycles. The second kappa shape index (κ2) is 9.39. The SMILES string of the molecule is CC(CI)(CI)CC#CCC(C)(CI)CI. The Morgan fingerprint density at radius 2 is 0.938 bits per heavy atom. The van der Waals surface area contributed by atoms with Gasteiger partial charge in [0.2, 0.25) is 0 Å². The number of alkyl halides is 4. The van der Waals surface area contributed by atoms with E-state index in [4.69, 9.17) is 0 Å². The molecule has 0 amide bonds. The summed E-state index contributed by atoms with van der Waals surface area (Å²) in [4.78, 5) is 0. The Hall–Kier alpha value is 2.48. The van der Waals surface area contributed by atoms with Crippen molar-refractivity contribution < 1.29 is 0 Å². The Kier molecular flexibility index (Phi) is 10.9. The molecule has 0 aliphatic rings. The monoisotopic (exact) mass is 670 g/mol. The van der Waals surface area contributed by atoms with Gasteiger partial charge in [0.15, 0.2) is 0 Å². The fourth-order valence-electron chi connectivity index (χ4n) is 0.812. The molecular formula is C12H18I4. The minimum atomic E-state index is 0.402. The van der Waals surface area contributed by atoms with Gasteiger partial charge in [-0.3, -0.25) is 0 Å². The van der Waals surface area contributed by atoms with E-state index < -0.39 is 0 Å². The third kappa shape index (κ3) is 7.16. The maximum absolute atomic E-state index is 3.39. The Labute approximate surface area is 155 Å². The molecule has 0 aromatic heterocycles. The molecule has 0 fully saturated rings. The van der Waals surface area contributed by atoms with Crippen molar-refractivity contribution in [3.05, 3.63) is 0 Å². The van der Waals surface area contributed by atoms with Crippen LogP contribution in [0.5, 0.6) is 0 Å². The summed E-state index contributed by atoms with van der Waals surface area (Å²) >= 11 is 9.90. The van der Waals surface area contributed by atoms with Crippen LogP contribution in [0.25, 0.3) is 0 Å². The van der Waals surface area contributed by atoms with Crippen molar-refractivity contribution in [2.24, 2.45) is 10.8 Å². The molecule has 0 radical (unpaired) electrons. The van der Waals surface area contributed by atoms with E-state index in [1.807, 2.05) is 0 Å². The van der Waals surface area contributed by atoms with Crippen molar-refractivity contribution in [3.8, 4) is 11.8 Å². The zero-order valence-corrected chi connectivity index (χ0v) is 18.4. The van der Waals surface area contributed by atoms with Crippen molar-refractivity contribution >= 4 is 90.4 Å². The lowest BCUT2D eigenvalue weighted by molar-refractivity contribution is 0.457. The quantitative estimate of drug-likeness (QED) is 0.199. The van der Waals surface area contributed by atoms with E-state index in [1.165, 1.54) is 17.7 Å². The summed E-state index contributed by atoms with van der Waals surface area (Å²) in [6.45, 7) is 4.66. The fourth-order valence-corrected chi connectivity index (χ4v) is 5.03. The molecule has 0 spiro atoms. The molecule has 0 nitrogen and oxygen atoms in total. The molecular weight excluding hydrogens is 652 g/mol. The molecule has 16 heavy (non-hydrogen) atoms. The summed E-state index contributed by atoms with van der Waals surface area (Å²) in [5, 5.41) is 0. The summed E-state index contributed by atoms with van der Waals surface area (Å²) in [5.41, 5.74) is 0.804. The Morgan fingerprint density at radius 1 is 0.688 bits per heavy atom. The maximum Gasteiger partial charge on any atom is 0.0157 e. The summed E-state index contributed by atoms with van der Waals surface area (Å²) in [6.07, 6.45) is 2.08. The molecule has 0 saturated carbocycles. The number of hydrogen-bond donors (Lipinski definition) is 0. The van der Waals surface area contributed by atoms with Crippen LogP contribution in [0.4, 0.5) is 0 Å². The number of halogens is 4. The lowest BCUT2D eigenvalue weighted by Crippen LogP contribution is -2.20. The predicted molar refractivity (Wildman–Crippen MR) is 109 cm³/mol. The van der Waals surface area contributed by atoms with Crippen LogP contribution < -0.4 is 0 Å². The van der Waals surface area contributed by atoms with Crippen LogP contribution in [-0.2, 0) is 0 Å². The molecule has 94 valence electrons. The Morgan fingerprint density at radius 3 is 1.12 bits per heavy atom. The molecule has 0 rings (SSSR count). The van der Waals surface area contributed by atoms with Crippen molar-refractivity contribution in [3.63, 3.8) is 0 Å². The van der Waals surface area contributed by atoms with Gasteiger partial charge in [-0.25, -0.2) is 0 Å². The first kappa shape index (κ1) is 18.5. The summed E-state index contributed by atoms with van der Waals surface area (Å²) in [5.74, 6) is 6.77. The summed E-state index contributed by atoms with van der Waals surface area (Å²) in [7, 11) is 0. The molecule has 4 heteroatoms. The van der Waals surface area contributed by atoms with Gasteiger partial charge in [0.05, 0.1) is 0 Å². The van der Waals surface area contributed by atoms with Gasteiger partial charge in [0.25, 0.3) is 0 Å². The highest BCUT2D eigenvalue weighted by Crippen LogP contribution is 2.28. The minimum absolute atomic E-state index is 0.402. The van der Waals surface area contributed by atoms with Crippen molar-refractivity contribution in [2.75, 3.05) is 17.7 Å². The van der Waals surface area contributed by atoms with Crippen LogP contribution in [0.2, 0.25) is 0 Å². The third-order valence-corrected chi connectivity index (χ3v) is 9.81. The first-order chi connectivity index (χ1) is 7.45. The van der Waals surface area contributed by atoms with Crippen LogP contribution >= 0.6 is 90.4 Å². The van der Waals surface area contributed by atoms with Gasteiger partial charge in [-0.1, -0.05) is 104 Å². The molecule has 0 aliphatic heterocycles. The highest BCUT2D eigenvalue weighted by atomic mass is 127. The molecule has 0 atom stereocenters. The van der Waals surface area contributed by atoms with Gasteiger partial charge in [-0.15, -0.1) is 11.8 Å². The topological polar surface area (TPSA) is 0 Å². The van der Waals surface area contributed by atoms with E-state index in [9.17, 15) is 0 Å². The largest absolute Gasteiger partial charge is 0.103 e. The van der Waals surface area contributed by atoms with Gasteiger partial charge in [0.1, 0.15) is 0 Å². The van der Waals surface area contributed by atoms with Crippen LogP contribution in [-0.4, -0.2) is 17.7 Å². The first-order valence-electron chi connectivity index (χ1n) is 5.15. The molecule has 0 aromatic rings. The van der Waals surface area contributed by atoms with Gasteiger partial charge < -0.3 is 0 Å². The van der Waals surface area contributed by atoms with E-state index in [-0.39, 0.29) is 0 Å². The average molecular weight is 670 g/mol. The van der Waals surface area contributed by atoms with E-state index in [0.717, 1.165) is 12.8 Å². The zero-order chi connectivity index (χ0) is 12.7. The van der Waals surface area contributed by atoms with E-state index in [2.05, 4.69) is 116 Å². The Bertz CT molecular complexity index is 219. The van der Waals surface area contributed by atoms with Gasteiger partial charge in [0, 0.05) is 30.6 Å². The summed E-state index contributed by atoms with van der Waals surface area (Å²) in [6, 6.07) is 0. The van der Waals surface area contributed by atoms with Gasteiger partial charge in [-0.05, 0) is 10.8 Å². The highest BCUT2D eigenvalue weighted by Gasteiger charge is 2.21. The van der Waals surface area contributed by atoms with Crippen molar-refractivity contribution in [1.29, 1.82) is 0 Å². The van der Waals surface area contributed by atoms with E-state index >= 15 is 0 Å². The van der Waals surface area contributed by atoms with E-state index in [0.29, 0.717) is 10.8 Å². The molecule has 0 bridgehead atoms. The number of rotatable bonds is 6. The number of hydrogen-bond acceptors (Lipinski definition) is 0. The van der Waals surface area contributed by atoms with Crippen LogP contribution in [0.1, 0.15) is 26.7 Å². The van der Waals surface area contributed by atoms with Crippen LogP contribution in [0.15, 0.2) is 0 Å². The lowest BCUT2D eigenvalue weighted by Gasteiger charge is -2.22. The molecule has 0 aromatic carbocycles. The molecule has 0 unspecified atom stereocenters. The molecule has 0 saturated heterocycles. The smallest absolute Gasteiger partial charge is 0.0157 e. The van der Waals surface area contributed by atoms with Crippen LogP contribution in [0.3, 0.4) is 0 Å². The maximum atomic E-state index is 3.39. The van der Waals surface area contributed by atoms with E-state index in [1.54, 1.807) is 0 Å². The molecule has 0 N–H and O–H groups in total. The standard InChI is InChI=1S/C12H18I4/c1-11(7-13,8-14)5-3-4-6-12(2,9-15)10-16/h5-10H2,1-2H3. The average Bonchev–Trinajstić information content (AvgIpc) is 2.34. The first-order valence-corrected chi connectivity index (χ1v) is 11.2. The lowest BCUT2D eigenvalue weighted by atomic mass is 9.90. The van der Waals surface area contributed by atoms with Gasteiger partial charge >= 0.3 is 0 Å². The second-order valence-corrected chi connectivity index (χ2v) is 7.91. The third-order valence-electron chi connectivity index (χ3n) is 2.45. The van der Waals surface area contributed by atoms with Gasteiger partial charge in [-0.2, -0.15) is 0 Å². The predicted octanol–water partition coefficient (Wildman–Crippen LogP) is 5.52. The summed E-state index contributed by atoms with van der Waals surface area (Å²) < 4.78 is 4.77. The molecule has 0 heterocycles. The Balaban J connectivity index is 4.22. The fraction of sp³-hybridized carbons (Fsp3) is 0.833. The van der Waals surface area contributed by atoms with Crippen molar-refractivity contribution in [1.82, 2.24) is 0 Å². The van der Waals surface area contributed by atoms with Crippen molar-refractivity contribution in [2.45, 2.75) is 26.7 Å². The van der Waals surface area contributed by atoms with Crippen LogP contribution in [0, 0.1) is 22.7 Å². The second-order valence-electron chi connectivity index (χ2n) is 4.86.